The van der Waals surface area contributed by atoms with E-state index in [4.69, 9.17) is 5.73 Å². The summed E-state index contributed by atoms with van der Waals surface area (Å²) in [4.78, 5) is 24.7. The van der Waals surface area contributed by atoms with Crippen molar-refractivity contribution in [1.29, 1.82) is 0 Å². The zero-order valence-electron chi connectivity index (χ0n) is 12.6. The molecule has 2 rings (SSSR count). The number of amides is 3. The maximum atomic E-state index is 11.8. The number of nitrogens with zero attached hydrogens (tertiary/aromatic N) is 1. The number of rotatable bonds is 3. The molecule has 1 aromatic carbocycles. The first-order valence-electron chi connectivity index (χ1n) is 7.39. The summed E-state index contributed by atoms with van der Waals surface area (Å²) in [6.45, 7) is 5.66. The van der Waals surface area contributed by atoms with Crippen LogP contribution in [0.25, 0.3) is 0 Å². The van der Waals surface area contributed by atoms with Crippen molar-refractivity contribution >= 4 is 11.9 Å². The molecule has 3 amide bonds. The highest BCUT2D eigenvalue weighted by Crippen LogP contribution is 2.30. The second-order valence-corrected chi connectivity index (χ2v) is 5.70. The number of piperidine rings is 1. The zero-order chi connectivity index (χ0) is 15.4. The average Bonchev–Trinajstić information content (AvgIpc) is 2.46. The molecule has 114 valence electrons. The first-order valence-corrected chi connectivity index (χ1v) is 7.39. The van der Waals surface area contributed by atoms with E-state index in [1.807, 2.05) is 6.92 Å². The molecular weight excluding hydrogens is 266 g/mol. The van der Waals surface area contributed by atoms with Gasteiger partial charge in [-0.2, -0.15) is 0 Å². The van der Waals surface area contributed by atoms with Gasteiger partial charge in [-0.15, -0.1) is 0 Å². The monoisotopic (exact) mass is 289 g/mol. The second-order valence-electron chi connectivity index (χ2n) is 5.70. The molecule has 1 aliphatic heterocycles. The number of benzene rings is 1. The van der Waals surface area contributed by atoms with Crippen LogP contribution in [0.15, 0.2) is 24.3 Å². The number of carbonyl (C=O) groups excluding carboxylic acids is 2. The third-order valence-corrected chi connectivity index (χ3v) is 4.33. The molecule has 1 saturated heterocycles. The maximum Gasteiger partial charge on any atom is 0.318 e. The number of carbonyl (C=O) groups is 2. The molecule has 1 heterocycles. The van der Waals surface area contributed by atoms with E-state index >= 15 is 0 Å². The summed E-state index contributed by atoms with van der Waals surface area (Å²) in [5.41, 5.74) is 7.72. The molecule has 5 heteroatoms. The number of likely N-dealkylation sites (tertiary alicyclic amines) is 1. The largest absolute Gasteiger partial charge is 0.351 e. The SMILES string of the molecule is Cc1ccccc1C1CCN([C@H](C)C(=O)NC(N)=O)CC1. The lowest BCUT2D eigenvalue weighted by molar-refractivity contribution is -0.125. The van der Waals surface area contributed by atoms with Gasteiger partial charge in [-0.05, 0) is 56.8 Å². The van der Waals surface area contributed by atoms with Gasteiger partial charge in [-0.25, -0.2) is 4.79 Å². The van der Waals surface area contributed by atoms with Crippen LogP contribution < -0.4 is 11.1 Å². The Morgan fingerprint density at radius 2 is 1.90 bits per heavy atom. The lowest BCUT2D eigenvalue weighted by Gasteiger charge is -2.35. The fourth-order valence-corrected chi connectivity index (χ4v) is 3.03. The summed E-state index contributed by atoms with van der Waals surface area (Å²) in [5, 5.41) is 2.15. The van der Waals surface area contributed by atoms with E-state index in [-0.39, 0.29) is 11.9 Å². The fraction of sp³-hybridized carbons (Fsp3) is 0.500. The van der Waals surface area contributed by atoms with E-state index in [9.17, 15) is 9.59 Å². The Balaban J connectivity index is 1.93. The van der Waals surface area contributed by atoms with E-state index in [1.54, 1.807) is 0 Å². The minimum Gasteiger partial charge on any atom is -0.351 e. The van der Waals surface area contributed by atoms with Crippen LogP contribution in [-0.4, -0.2) is 36.0 Å². The maximum absolute atomic E-state index is 11.8. The molecule has 1 fully saturated rings. The lowest BCUT2D eigenvalue weighted by atomic mass is 9.86. The van der Waals surface area contributed by atoms with Crippen molar-refractivity contribution in [2.24, 2.45) is 5.73 Å². The highest BCUT2D eigenvalue weighted by Gasteiger charge is 2.28. The zero-order valence-corrected chi connectivity index (χ0v) is 12.6. The summed E-state index contributed by atoms with van der Waals surface area (Å²) < 4.78 is 0. The number of hydrogen-bond donors (Lipinski definition) is 2. The Morgan fingerprint density at radius 3 is 2.48 bits per heavy atom. The predicted molar refractivity (Wildman–Crippen MR) is 81.9 cm³/mol. The molecule has 0 bridgehead atoms. The van der Waals surface area contributed by atoms with Gasteiger partial charge >= 0.3 is 6.03 Å². The number of aryl methyl sites for hydroxylation is 1. The van der Waals surface area contributed by atoms with Crippen molar-refractivity contribution in [2.75, 3.05) is 13.1 Å². The summed E-state index contributed by atoms with van der Waals surface area (Å²) >= 11 is 0. The second kappa shape index (κ2) is 6.72. The first-order chi connectivity index (χ1) is 9.99. The summed E-state index contributed by atoms with van der Waals surface area (Å²) in [7, 11) is 0. The van der Waals surface area contributed by atoms with Crippen LogP contribution in [0.1, 0.15) is 36.8 Å². The normalized spacial score (nSPS) is 18.2. The number of urea groups is 1. The van der Waals surface area contributed by atoms with Crippen LogP contribution in [0.4, 0.5) is 4.79 Å². The molecule has 0 radical (unpaired) electrons. The van der Waals surface area contributed by atoms with E-state index in [0.29, 0.717) is 5.92 Å². The van der Waals surface area contributed by atoms with E-state index < -0.39 is 6.03 Å². The molecule has 0 saturated carbocycles. The molecular formula is C16H23N3O2. The van der Waals surface area contributed by atoms with Gasteiger partial charge in [0, 0.05) is 0 Å². The van der Waals surface area contributed by atoms with Gasteiger partial charge in [0.25, 0.3) is 0 Å². The Morgan fingerprint density at radius 1 is 1.29 bits per heavy atom. The number of primary amides is 1. The number of imide groups is 1. The minimum absolute atomic E-state index is 0.322. The molecule has 1 atom stereocenters. The molecule has 3 N–H and O–H groups in total. The van der Waals surface area contributed by atoms with Gasteiger partial charge in [0.05, 0.1) is 6.04 Å². The van der Waals surface area contributed by atoms with Crippen molar-refractivity contribution in [1.82, 2.24) is 10.2 Å². The number of nitrogens with one attached hydrogen (secondary N) is 1. The number of nitrogens with two attached hydrogens (primary N) is 1. The standard InChI is InChI=1S/C16H23N3O2/c1-11-5-3-4-6-14(11)13-7-9-19(10-8-13)12(2)15(20)18-16(17)21/h3-6,12-13H,7-10H2,1-2H3,(H3,17,18,20,21)/t12-/m1/s1. The van der Waals surface area contributed by atoms with Crippen molar-refractivity contribution in [3.63, 3.8) is 0 Å². The van der Waals surface area contributed by atoms with Crippen LogP contribution >= 0.6 is 0 Å². The lowest BCUT2D eigenvalue weighted by Crippen LogP contribution is -2.50. The van der Waals surface area contributed by atoms with Gasteiger partial charge in [-0.1, -0.05) is 24.3 Å². The van der Waals surface area contributed by atoms with Crippen LogP contribution in [-0.2, 0) is 4.79 Å². The Bertz CT molecular complexity index is 522. The van der Waals surface area contributed by atoms with E-state index in [2.05, 4.69) is 41.4 Å². The third kappa shape index (κ3) is 3.82. The van der Waals surface area contributed by atoms with Crippen molar-refractivity contribution < 1.29 is 9.59 Å². The molecule has 0 aliphatic carbocycles. The van der Waals surface area contributed by atoms with Crippen molar-refractivity contribution in [3.05, 3.63) is 35.4 Å². The Kier molecular flexibility index (Phi) is 4.96. The van der Waals surface area contributed by atoms with Crippen molar-refractivity contribution in [2.45, 2.75) is 38.6 Å². The van der Waals surface area contributed by atoms with Crippen LogP contribution in [0.3, 0.4) is 0 Å². The quantitative estimate of drug-likeness (QED) is 0.890. The molecule has 0 aromatic heterocycles. The average molecular weight is 289 g/mol. The highest BCUT2D eigenvalue weighted by atomic mass is 16.2. The molecule has 0 unspecified atom stereocenters. The summed E-state index contributed by atoms with van der Waals surface area (Å²) in [6.07, 6.45) is 2.05. The Hall–Kier alpha value is -1.88. The number of hydrogen-bond acceptors (Lipinski definition) is 3. The predicted octanol–water partition coefficient (Wildman–Crippen LogP) is 1.76. The van der Waals surface area contributed by atoms with Gasteiger partial charge in [0.1, 0.15) is 0 Å². The third-order valence-electron chi connectivity index (χ3n) is 4.33. The van der Waals surface area contributed by atoms with Gasteiger partial charge in [-0.3, -0.25) is 15.0 Å². The van der Waals surface area contributed by atoms with Crippen LogP contribution in [0, 0.1) is 6.92 Å². The van der Waals surface area contributed by atoms with E-state index in [1.165, 1.54) is 11.1 Å². The topological polar surface area (TPSA) is 75.4 Å². The van der Waals surface area contributed by atoms with Crippen LogP contribution in [0.5, 0.6) is 0 Å². The minimum atomic E-state index is -0.790. The van der Waals surface area contributed by atoms with Gasteiger partial charge < -0.3 is 5.73 Å². The van der Waals surface area contributed by atoms with Crippen molar-refractivity contribution in [3.8, 4) is 0 Å². The van der Waals surface area contributed by atoms with Gasteiger partial charge in [0.2, 0.25) is 5.91 Å². The summed E-state index contributed by atoms with van der Waals surface area (Å²) in [6, 6.07) is 7.36. The molecule has 0 spiro atoms. The van der Waals surface area contributed by atoms with E-state index in [0.717, 1.165) is 25.9 Å². The Labute approximate surface area is 125 Å². The van der Waals surface area contributed by atoms with Gasteiger partial charge in [0.15, 0.2) is 0 Å². The molecule has 1 aromatic rings. The first kappa shape index (κ1) is 15.5. The molecule has 21 heavy (non-hydrogen) atoms. The van der Waals surface area contributed by atoms with Crippen LogP contribution in [0.2, 0.25) is 0 Å². The smallest absolute Gasteiger partial charge is 0.318 e. The molecule has 5 nitrogen and oxygen atoms in total. The summed E-state index contributed by atoms with van der Waals surface area (Å²) in [5.74, 6) is 0.227. The molecule has 1 aliphatic rings. The fourth-order valence-electron chi connectivity index (χ4n) is 3.03. The highest BCUT2D eigenvalue weighted by molar-refractivity contribution is 5.96.